The van der Waals surface area contributed by atoms with Gasteiger partial charge in [-0.25, -0.2) is 4.68 Å². The summed E-state index contributed by atoms with van der Waals surface area (Å²) in [6.45, 7) is 1.95. The third kappa shape index (κ3) is 3.98. The number of tetrazole rings is 1. The van der Waals surface area contributed by atoms with Crippen LogP contribution in [0, 0.1) is 6.92 Å². The summed E-state index contributed by atoms with van der Waals surface area (Å²) in [7, 11) is 0. The molecule has 2 aromatic carbocycles. The van der Waals surface area contributed by atoms with Crippen LogP contribution in [0.25, 0.3) is 17.0 Å². The molecule has 0 saturated heterocycles. The fourth-order valence-corrected chi connectivity index (χ4v) is 2.99. The zero-order valence-corrected chi connectivity index (χ0v) is 15.4. The van der Waals surface area contributed by atoms with Gasteiger partial charge in [-0.15, -0.1) is 5.10 Å². The van der Waals surface area contributed by atoms with Crippen LogP contribution in [0.3, 0.4) is 0 Å². The molecule has 2 aromatic heterocycles. The Labute approximate surface area is 162 Å². The van der Waals surface area contributed by atoms with Gasteiger partial charge >= 0.3 is 0 Å². The summed E-state index contributed by atoms with van der Waals surface area (Å²) in [6, 6.07) is 19.4. The predicted octanol–water partition coefficient (Wildman–Crippen LogP) is 3.80. The third-order valence-corrected chi connectivity index (χ3v) is 4.39. The first kappa shape index (κ1) is 17.7. The van der Waals surface area contributed by atoms with E-state index < -0.39 is 0 Å². The Morgan fingerprint density at radius 1 is 1.11 bits per heavy atom. The summed E-state index contributed by atoms with van der Waals surface area (Å²) in [6.07, 6.45) is 2.42. The van der Waals surface area contributed by atoms with Gasteiger partial charge in [0.05, 0.1) is 5.69 Å². The summed E-state index contributed by atoms with van der Waals surface area (Å²) < 4.78 is 7.43. The number of aryl methyl sites for hydroxylation is 2. The van der Waals surface area contributed by atoms with E-state index >= 15 is 0 Å². The molecule has 0 radical (unpaired) electrons. The number of benzene rings is 2. The van der Waals surface area contributed by atoms with Gasteiger partial charge in [0.25, 0.3) is 0 Å². The van der Waals surface area contributed by atoms with Crippen LogP contribution in [0.2, 0.25) is 0 Å². The average molecular weight is 373 g/mol. The Balaban J connectivity index is 1.35. The molecule has 140 valence electrons. The van der Waals surface area contributed by atoms with E-state index in [4.69, 9.17) is 4.42 Å². The molecule has 0 aliphatic rings. The number of furan rings is 1. The quantitative estimate of drug-likeness (QED) is 0.555. The van der Waals surface area contributed by atoms with Crippen LogP contribution < -0.4 is 5.32 Å². The monoisotopic (exact) mass is 373 g/mol. The zero-order chi connectivity index (χ0) is 19.3. The van der Waals surface area contributed by atoms with E-state index in [-0.39, 0.29) is 5.91 Å². The minimum absolute atomic E-state index is 0.0627. The van der Waals surface area contributed by atoms with Crippen molar-refractivity contribution < 1.29 is 9.21 Å². The molecule has 2 heterocycles. The number of nitrogens with one attached hydrogen (secondary N) is 1. The molecule has 7 nitrogen and oxygen atoms in total. The fourth-order valence-electron chi connectivity index (χ4n) is 2.99. The Morgan fingerprint density at radius 2 is 1.96 bits per heavy atom. The average Bonchev–Trinajstić information content (AvgIpc) is 3.39. The lowest BCUT2D eigenvalue weighted by Gasteiger charge is -2.09. The van der Waals surface area contributed by atoms with Crippen LogP contribution in [0.15, 0.2) is 71.4 Å². The van der Waals surface area contributed by atoms with Crippen molar-refractivity contribution in [2.45, 2.75) is 19.8 Å². The summed E-state index contributed by atoms with van der Waals surface area (Å²) >= 11 is 0. The number of carbonyl (C=O) groups excluding carboxylic acids is 1. The first-order valence-corrected chi connectivity index (χ1v) is 8.97. The topological polar surface area (TPSA) is 85.8 Å². The zero-order valence-electron chi connectivity index (χ0n) is 15.4. The van der Waals surface area contributed by atoms with E-state index in [2.05, 4.69) is 20.8 Å². The maximum atomic E-state index is 12.3. The van der Waals surface area contributed by atoms with Gasteiger partial charge in [-0.05, 0) is 53.2 Å². The smallest absolute Gasteiger partial charge is 0.224 e. The Bertz CT molecular complexity index is 1070. The van der Waals surface area contributed by atoms with Crippen molar-refractivity contribution in [1.82, 2.24) is 20.2 Å². The van der Waals surface area contributed by atoms with E-state index in [1.54, 1.807) is 4.68 Å². The van der Waals surface area contributed by atoms with Crippen molar-refractivity contribution in [3.8, 4) is 17.0 Å². The second kappa shape index (κ2) is 7.87. The van der Waals surface area contributed by atoms with Crippen molar-refractivity contribution in [3.05, 3.63) is 78.3 Å². The molecule has 0 fully saturated rings. The molecule has 7 heteroatoms. The number of nitrogens with zero attached hydrogens (tertiary/aromatic N) is 4. The van der Waals surface area contributed by atoms with Crippen LogP contribution >= 0.6 is 0 Å². The molecule has 4 rings (SSSR count). The number of hydrogen-bond donors (Lipinski definition) is 1. The van der Waals surface area contributed by atoms with Gasteiger partial charge in [0, 0.05) is 24.1 Å². The van der Waals surface area contributed by atoms with Crippen LogP contribution in [0.1, 0.15) is 17.7 Å². The summed E-state index contributed by atoms with van der Waals surface area (Å²) in [5, 5.41) is 14.1. The molecule has 28 heavy (non-hydrogen) atoms. The van der Waals surface area contributed by atoms with Crippen molar-refractivity contribution in [3.63, 3.8) is 0 Å². The second-order valence-electron chi connectivity index (χ2n) is 6.44. The van der Waals surface area contributed by atoms with Gasteiger partial charge in [-0.2, -0.15) is 0 Å². The van der Waals surface area contributed by atoms with Crippen LogP contribution in [0.5, 0.6) is 0 Å². The molecule has 0 aliphatic heterocycles. The highest BCUT2D eigenvalue weighted by atomic mass is 16.3. The molecular weight excluding hydrogens is 354 g/mol. The maximum Gasteiger partial charge on any atom is 0.224 e. The molecule has 0 atom stereocenters. The maximum absolute atomic E-state index is 12.3. The van der Waals surface area contributed by atoms with E-state index in [1.807, 2.05) is 67.6 Å². The van der Waals surface area contributed by atoms with Gasteiger partial charge < -0.3 is 9.73 Å². The van der Waals surface area contributed by atoms with Crippen LogP contribution in [-0.2, 0) is 11.2 Å². The Hall–Kier alpha value is -3.74. The Kier molecular flexibility index (Phi) is 4.97. The van der Waals surface area contributed by atoms with Crippen LogP contribution in [0.4, 0.5) is 5.69 Å². The van der Waals surface area contributed by atoms with Crippen LogP contribution in [-0.4, -0.2) is 26.1 Å². The molecule has 0 unspecified atom stereocenters. The molecule has 0 saturated carbocycles. The highest BCUT2D eigenvalue weighted by molar-refractivity contribution is 5.91. The summed E-state index contributed by atoms with van der Waals surface area (Å²) in [5.74, 6) is 1.54. The lowest BCUT2D eigenvalue weighted by Crippen LogP contribution is -2.12. The first-order valence-electron chi connectivity index (χ1n) is 8.97. The number of rotatable bonds is 6. The predicted molar refractivity (Wildman–Crippen MR) is 105 cm³/mol. The van der Waals surface area contributed by atoms with E-state index in [0.717, 1.165) is 34.0 Å². The van der Waals surface area contributed by atoms with Crippen molar-refractivity contribution >= 4 is 11.6 Å². The fraction of sp³-hybridized carbons (Fsp3) is 0.143. The SMILES string of the molecule is Cc1cc(NC(=O)CCc2ccc(-c3ccccc3)o2)ccc1-n1cnnn1. The highest BCUT2D eigenvalue weighted by Crippen LogP contribution is 2.23. The molecule has 1 amide bonds. The number of carbonyl (C=O) groups is 1. The summed E-state index contributed by atoms with van der Waals surface area (Å²) in [5.41, 5.74) is 3.59. The molecular formula is C21H19N5O2. The summed E-state index contributed by atoms with van der Waals surface area (Å²) in [4.78, 5) is 12.3. The van der Waals surface area contributed by atoms with E-state index in [0.29, 0.717) is 12.8 Å². The minimum atomic E-state index is -0.0627. The lowest BCUT2D eigenvalue weighted by atomic mass is 10.1. The first-order chi connectivity index (χ1) is 13.7. The van der Waals surface area contributed by atoms with Crippen molar-refractivity contribution in [1.29, 1.82) is 0 Å². The number of amides is 1. The van der Waals surface area contributed by atoms with Gasteiger partial charge in [0.15, 0.2) is 0 Å². The van der Waals surface area contributed by atoms with Crippen molar-refractivity contribution in [2.24, 2.45) is 0 Å². The minimum Gasteiger partial charge on any atom is -0.461 e. The molecule has 4 aromatic rings. The molecule has 0 bridgehead atoms. The van der Waals surface area contributed by atoms with Gasteiger partial charge in [-0.3, -0.25) is 4.79 Å². The standard InChI is InChI=1S/C21H19N5O2/c1-15-13-17(7-10-19(15)26-14-22-24-25-26)23-21(27)12-9-18-8-11-20(28-18)16-5-3-2-4-6-16/h2-8,10-11,13-14H,9,12H2,1H3,(H,23,27). The lowest BCUT2D eigenvalue weighted by molar-refractivity contribution is -0.116. The highest BCUT2D eigenvalue weighted by Gasteiger charge is 2.09. The molecule has 0 spiro atoms. The van der Waals surface area contributed by atoms with Gasteiger partial charge in [0.2, 0.25) is 5.91 Å². The van der Waals surface area contributed by atoms with E-state index in [9.17, 15) is 4.79 Å². The molecule has 0 aliphatic carbocycles. The number of aromatic nitrogens is 4. The van der Waals surface area contributed by atoms with Gasteiger partial charge in [0.1, 0.15) is 17.8 Å². The molecule has 1 N–H and O–H groups in total. The van der Waals surface area contributed by atoms with Crippen molar-refractivity contribution in [2.75, 3.05) is 5.32 Å². The number of anilines is 1. The normalized spacial score (nSPS) is 10.8. The second-order valence-corrected chi connectivity index (χ2v) is 6.44. The van der Waals surface area contributed by atoms with E-state index in [1.165, 1.54) is 6.33 Å². The van der Waals surface area contributed by atoms with Gasteiger partial charge in [-0.1, -0.05) is 30.3 Å². The Morgan fingerprint density at radius 3 is 2.71 bits per heavy atom. The number of hydrogen-bond acceptors (Lipinski definition) is 5. The largest absolute Gasteiger partial charge is 0.461 e. The third-order valence-electron chi connectivity index (χ3n) is 4.39.